The summed E-state index contributed by atoms with van der Waals surface area (Å²) in [5.74, 6) is -1.00. The van der Waals surface area contributed by atoms with E-state index in [1.54, 1.807) is 42.5 Å². The summed E-state index contributed by atoms with van der Waals surface area (Å²) in [6.07, 6.45) is -0.110. The molecule has 0 bridgehead atoms. The molecule has 0 saturated carbocycles. The Hall–Kier alpha value is -3.17. The van der Waals surface area contributed by atoms with Gasteiger partial charge < -0.3 is 34.1 Å². The first-order chi connectivity index (χ1) is 18.3. The van der Waals surface area contributed by atoms with Gasteiger partial charge in [0.1, 0.15) is 17.8 Å². The predicted molar refractivity (Wildman–Crippen MR) is 138 cm³/mol. The minimum atomic E-state index is -4.03. The molecule has 2 heterocycles. The number of carbonyl (C=O) groups is 1. The molecule has 4 aliphatic rings. The van der Waals surface area contributed by atoms with Crippen molar-refractivity contribution in [3.8, 4) is 5.75 Å². The van der Waals surface area contributed by atoms with Crippen LogP contribution in [0.1, 0.15) is 13.3 Å². The number of para-hydroxylation sites is 1. The molecule has 38 heavy (non-hydrogen) atoms. The molecule has 2 aromatic rings. The number of amides is 1. The fourth-order valence-electron chi connectivity index (χ4n) is 5.34. The van der Waals surface area contributed by atoms with Crippen molar-refractivity contribution in [1.82, 2.24) is 5.32 Å². The fourth-order valence-corrected chi connectivity index (χ4v) is 8.67. The second kappa shape index (κ2) is 9.85. The van der Waals surface area contributed by atoms with Gasteiger partial charge in [-0.1, -0.05) is 42.0 Å². The summed E-state index contributed by atoms with van der Waals surface area (Å²) in [6, 6.07) is 17.0. The van der Waals surface area contributed by atoms with Crippen LogP contribution in [0.25, 0.3) is 0 Å². The number of fused-ring (bicyclic) bond motifs is 4. The van der Waals surface area contributed by atoms with E-state index in [-0.39, 0.29) is 24.7 Å². The zero-order valence-electron chi connectivity index (χ0n) is 20.4. The molecule has 0 radical (unpaired) electrons. The van der Waals surface area contributed by atoms with E-state index < -0.39 is 42.8 Å². The lowest BCUT2D eigenvalue weighted by Crippen LogP contribution is -2.60. The average molecular weight is 556 g/mol. The smallest absolute Gasteiger partial charge is 0.454 e. The van der Waals surface area contributed by atoms with Crippen molar-refractivity contribution in [2.75, 3.05) is 6.79 Å². The molecule has 2 aliphatic heterocycles. The number of ether oxygens (including phenoxy) is 2. The maximum atomic E-state index is 14.4. The van der Waals surface area contributed by atoms with Crippen LogP contribution in [0, 0.1) is 11.8 Å². The van der Waals surface area contributed by atoms with E-state index >= 15 is 0 Å². The number of benzene rings is 2. The molecule has 6 rings (SSSR count). The van der Waals surface area contributed by atoms with Gasteiger partial charge in [-0.05, 0) is 49.3 Å². The lowest BCUT2D eigenvalue weighted by Gasteiger charge is -2.45. The summed E-state index contributed by atoms with van der Waals surface area (Å²) in [6.45, 7) is -2.26. The van der Waals surface area contributed by atoms with Crippen molar-refractivity contribution in [3.05, 3.63) is 95.2 Å². The van der Waals surface area contributed by atoms with E-state index in [4.69, 9.17) is 18.5 Å². The first kappa shape index (κ1) is 25.1. The van der Waals surface area contributed by atoms with Crippen LogP contribution in [0.5, 0.6) is 5.75 Å². The molecule has 2 fully saturated rings. The SMILES string of the molecule is CC1=C2C3C=C4OCOC4=C(OP(=O)(Oc4ccccc4)Sc4ccccc4)C3C(=O)NC2C(O)C(O)C1. The standard InChI is InChI=1S/C27H26NO8PS/c1-15-12-19(29)24(30)23-21(15)18-13-20-25(34-14-33-20)26(22(18)27(31)28-23)36-37(32,35-16-8-4-2-5-9-16)38-17-10-6-3-7-11-17/h2-11,13,18-19,22-24,29-30H,12,14H2,1H3,(H,28,31). The molecule has 2 aromatic carbocycles. The second-order valence-electron chi connectivity index (χ2n) is 9.47. The molecule has 11 heteroatoms. The summed E-state index contributed by atoms with van der Waals surface area (Å²) >= 11 is 0.923. The van der Waals surface area contributed by atoms with Gasteiger partial charge in [0.2, 0.25) is 18.5 Å². The number of rotatable bonds is 6. The zero-order valence-corrected chi connectivity index (χ0v) is 22.1. The molecule has 0 spiro atoms. The Morgan fingerprint density at radius 1 is 1.03 bits per heavy atom. The second-order valence-corrected chi connectivity index (χ2v) is 13.3. The number of aliphatic hydroxyl groups excluding tert-OH is 2. The van der Waals surface area contributed by atoms with Gasteiger partial charge in [0.05, 0.1) is 12.1 Å². The Bertz CT molecular complexity index is 1350. The molecule has 0 aromatic heterocycles. The summed E-state index contributed by atoms with van der Waals surface area (Å²) in [5, 5.41) is 23.8. The monoisotopic (exact) mass is 555 g/mol. The van der Waals surface area contributed by atoms with E-state index in [2.05, 4.69) is 5.32 Å². The maximum absolute atomic E-state index is 14.4. The van der Waals surface area contributed by atoms with E-state index in [0.717, 1.165) is 22.5 Å². The van der Waals surface area contributed by atoms with E-state index in [1.807, 2.05) is 31.2 Å². The third kappa shape index (κ3) is 4.52. The Morgan fingerprint density at radius 2 is 1.74 bits per heavy atom. The minimum Gasteiger partial charge on any atom is -0.454 e. The Kier molecular flexibility index (Phi) is 6.52. The van der Waals surface area contributed by atoms with Crippen LogP contribution in [0.2, 0.25) is 0 Å². The van der Waals surface area contributed by atoms with Gasteiger partial charge in [0.25, 0.3) is 0 Å². The topological polar surface area (TPSA) is 124 Å². The van der Waals surface area contributed by atoms with E-state index in [9.17, 15) is 19.6 Å². The van der Waals surface area contributed by atoms with Crippen molar-refractivity contribution in [1.29, 1.82) is 0 Å². The molecule has 2 saturated heterocycles. The van der Waals surface area contributed by atoms with Crippen molar-refractivity contribution in [2.45, 2.75) is 36.5 Å². The minimum absolute atomic E-state index is 0.0459. The number of aliphatic hydroxyl groups is 2. The quantitative estimate of drug-likeness (QED) is 0.354. The van der Waals surface area contributed by atoms with E-state index in [0.29, 0.717) is 16.4 Å². The van der Waals surface area contributed by atoms with Crippen molar-refractivity contribution in [2.24, 2.45) is 11.8 Å². The van der Waals surface area contributed by atoms with Gasteiger partial charge in [-0.15, -0.1) is 0 Å². The van der Waals surface area contributed by atoms with Gasteiger partial charge in [0.15, 0.2) is 11.5 Å². The predicted octanol–water partition coefficient (Wildman–Crippen LogP) is 4.27. The summed E-state index contributed by atoms with van der Waals surface area (Å²) in [4.78, 5) is 14.2. The average Bonchev–Trinajstić information content (AvgIpc) is 3.37. The maximum Gasteiger partial charge on any atom is 0.497 e. The van der Waals surface area contributed by atoms with Gasteiger partial charge in [-0.3, -0.25) is 4.79 Å². The highest BCUT2D eigenvalue weighted by Gasteiger charge is 2.53. The Labute approximate surface area is 223 Å². The Morgan fingerprint density at radius 3 is 2.47 bits per heavy atom. The summed E-state index contributed by atoms with van der Waals surface area (Å²) < 4.78 is 38.0. The molecule has 2 aliphatic carbocycles. The Balaban J connectivity index is 1.42. The third-order valence-corrected chi connectivity index (χ3v) is 10.3. The third-order valence-electron chi connectivity index (χ3n) is 6.99. The normalized spacial score (nSPS) is 29.5. The lowest BCUT2D eigenvalue weighted by atomic mass is 9.68. The fraction of sp³-hybridized carbons (Fsp3) is 0.296. The van der Waals surface area contributed by atoms with Gasteiger partial charge in [-0.25, -0.2) is 4.57 Å². The van der Waals surface area contributed by atoms with Crippen LogP contribution in [0.3, 0.4) is 0 Å². The van der Waals surface area contributed by atoms with Crippen LogP contribution in [0.15, 0.2) is 100 Å². The van der Waals surface area contributed by atoms with Gasteiger partial charge in [0, 0.05) is 22.2 Å². The summed E-state index contributed by atoms with van der Waals surface area (Å²) in [7, 11) is 0. The lowest BCUT2D eigenvalue weighted by molar-refractivity contribution is -0.130. The van der Waals surface area contributed by atoms with Crippen LogP contribution in [-0.2, 0) is 23.4 Å². The molecule has 1 amide bonds. The molecule has 9 nitrogen and oxygen atoms in total. The van der Waals surface area contributed by atoms with Gasteiger partial charge in [-0.2, -0.15) is 0 Å². The van der Waals surface area contributed by atoms with Crippen LogP contribution >= 0.6 is 18.2 Å². The highest BCUT2D eigenvalue weighted by atomic mass is 32.7. The number of piperidine rings is 1. The van der Waals surface area contributed by atoms with Gasteiger partial charge >= 0.3 is 6.80 Å². The number of nitrogens with one attached hydrogen (secondary N) is 1. The molecular weight excluding hydrogens is 529 g/mol. The molecular formula is C27H26NO8PS. The summed E-state index contributed by atoms with van der Waals surface area (Å²) in [5.41, 5.74) is 1.62. The van der Waals surface area contributed by atoms with Crippen LogP contribution in [0.4, 0.5) is 0 Å². The molecule has 6 unspecified atom stereocenters. The van der Waals surface area contributed by atoms with Crippen molar-refractivity contribution in [3.63, 3.8) is 0 Å². The zero-order chi connectivity index (χ0) is 26.4. The number of allylic oxidation sites excluding steroid dienone is 1. The highest BCUT2D eigenvalue weighted by Crippen LogP contribution is 2.66. The van der Waals surface area contributed by atoms with Crippen LogP contribution in [-0.4, -0.2) is 41.2 Å². The van der Waals surface area contributed by atoms with Crippen LogP contribution < -0.4 is 9.84 Å². The number of hydrogen-bond acceptors (Lipinski definition) is 9. The largest absolute Gasteiger partial charge is 0.497 e. The van der Waals surface area contributed by atoms with E-state index in [1.165, 1.54) is 0 Å². The molecule has 6 atom stereocenters. The van der Waals surface area contributed by atoms with Crippen molar-refractivity contribution >= 4 is 24.1 Å². The first-order valence-electron chi connectivity index (χ1n) is 12.2. The van der Waals surface area contributed by atoms with Crippen molar-refractivity contribution < 1.29 is 38.1 Å². The first-order valence-corrected chi connectivity index (χ1v) is 15.2. The number of carbonyl (C=O) groups excluding carboxylic acids is 1. The molecule has 198 valence electrons. The highest BCUT2D eigenvalue weighted by molar-refractivity contribution is 8.55. The number of hydrogen-bond donors (Lipinski definition) is 3. The molecule has 3 N–H and O–H groups in total.